The lowest BCUT2D eigenvalue weighted by atomic mass is 9.85. The smallest absolute Gasteiger partial charge is 0.200 e. The predicted molar refractivity (Wildman–Crippen MR) is 81.4 cm³/mol. The zero-order chi connectivity index (χ0) is 15.2. The van der Waals surface area contributed by atoms with Gasteiger partial charge in [0.15, 0.2) is 11.6 Å². The minimum atomic E-state index is -0.875. The third-order valence-electron chi connectivity index (χ3n) is 4.02. The van der Waals surface area contributed by atoms with E-state index in [0.717, 1.165) is 19.3 Å². The highest BCUT2D eigenvalue weighted by Gasteiger charge is 2.17. The van der Waals surface area contributed by atoms with Crippen LogP contribution in [0.2, 0.25) is 0 Å². The zero-order valence-corrected chi connectivity index (χ0v) is 12.4. The minimum Gasteiger partial charge on any atom is -0.491 e. The zero-order valence-electron chi connectivity index (χ0n) is 12.4. The molecule has 0 bridgehead atoms. The molecule has 0 amide bonds. The second-order valence-corrected chi connectivity index (χ2v) is 5.44. The van der Waals surface area contributed by atoms with Gasteiger partial charge in [-0.2, -0.15) is 4.39 Å². The predicted octanol–water partition coefficient (Wildman–Crippen LogP) is 5.06. The molecule has 0 saturated carbocycles. The largest absolute Gasteiger partial charge is 0.491 e. The van der Waals surface area contributed by atoms with Crippen LogP contribution >= 0.6 is 0 Å². The molecule has 2 unspecified atom stereocenters. The van der Waals surface area contributed by atoms with Gasteiger partial charge in [-0.25, -0.2) is 4.39 Å². The van der Waals surface area contributed by atoms with Crippen molar-refractivity contribution >= 4 is 0 Å². The molecule has 2 rings (SSSR count). The van der Waals surface area contributed by atoms with E-state index in [1.54, 1.807) is 13.0 Å². The molecular formula is C18H22F2O. The van der Waals surface area contributed by atoms with E-state index in [-0.39, 0.29) is 5.75 Å². The van der Waals surface area contributed by atoms with Crippen molar-refractivity contribution in [1.82, 2.24) is 0 Å². The van der Waals surface area contributed by atoms with Crippen LogP contribution in [0.5, 0.6) is 5.75 Å². The summed E-state index contributed by atoms with van der Waals surface area (Å²) >= 11 is 0. The van der Waals surface area contributed by atoms with E-state index in [1.165, 1.54) is 6.07 Å². The standard InChI is InChI=1S/C18H22F2O/c1-3-13-5-7-14(8-6-13)9-10-15-11-12-16(21-4-2)18(20)17(15)19/h3,5,7,11-14H,1,4,6,8-10H2,2H3. The van der Waals surface area contributed by atoms with Gasteiger partial charge in [0.2, 0.25) is 5.82 Å². The molecule has 114 valence electrons. The normalized spacial score (nSPS) is 21.3. The summed E-state index contributed by atoms with van der Waals surface area (Å²) in [7, 11) is 0. The van der Waals surface area contributed by atoms with Gasteiger partial charge in [-0.3, -0.25) is 0 Å². The lowest BCUT2D eigenvalue weighted by molar-refractivity contribution is 0.313. The van der Waals surface area contributed by atoms with Crippen molar-refractivity contribution in [2.75, 3.05) is 6.61 Å². The lowest BCUT2D eigenvalue weighted by Gasteiger charge is -2.20. The van der Waals surface area contributed by atoms with Crippen molar-refractivity contribution < 1.29 is 13.5 Å². The average molecular weight is 292 g/mol. The molecule has 1 nitrogen and oxygen atoms in total. The quantitative estimate of drug-likeness (QED) is 0.666. The Morgan fingerprint density at radius 1 is 1.24 bits per heavy atom. The first-order valence-corrected chi connectivity index (χ1v) is 7.56. The first-order valence-electron chi connectivity index (χ1n) is 7.56. The molecule has 2 atom stereocenters. The Kier molecular flexibility index (Phi) is 5.54. The second-order valence-electron chi connectivity index (χ2n) is 5.44. The number of allylic oxidation sites excluding steroid dienone is 3. The molecule has 0 aromatic heterocycles. The van der Waals surface area contributed by atoms with Crippen LogP contribution in [0.1, 0.15) is 31.7 Å². The third-order valence-corrected chi connectivity index (χ3v) is 4.02. The van der Waals surface area contributed by atoms with Crippen LogP contribution in [0.25, 0.3) is 0 Å². The van der Waals surface area contributed by atoms with Gasteiger partial charge in [0.05, 0.1) is 6.61 Å². The number of hydrogen-bond acceptors (Lipinski definition) is 1. The van der Waals surface area contributed by atoms with Gasteiger partial charge < -0.3 is 4.74 Å². The molecule has 1 aromatic carbocycles. The maximum Gasteiger partial charge on any atom is 0.200 e. The van der Waals surface area contributed by atoms with Gasteiger partial charge in [0.25, 0.3) is 0 Å². The van der Waals surface area contributed by atoms with Crippen molar-refractivity contribution in [3.63, 3.8) is 0 Å². The molecule has 21 heavy (non-hydrogen) atoms. The Morgan fingerprint density at radius 3 is 2.67 bits per heavy atom. The van der Waals surface area contributed by atoms with Crippen molar-refractivity contribution in [3.05, 3.63) is 54.1 Å². The summed E-state index contributed by atoms with van der Waals surface area (Å²) in [5.41, 5.74) is 0.426. The van der Waals surface area contributed by atoms with Gasteiger partial charge >= 0.3 is 0 Å². The summed E-state index contributed by atoms with van der Waals surface area (Å²) < 4.78 is 32.8. The number of halogens is 2. The van der Waals surface area contributed by atoms with E-state index >= 15 is 0 Å². The Labute approximate surface area is 125 Å². The van der Waals surface area contributed by atoms with Crippen LogP contribution in [0, 0.1) is 23.5 Å². The van der Waals surface area contributed by atoms with Crippen molar-refractivity contribution in [3.8, 4) is 5.75 Å². The monoisotopic (exact) mass is 292 g/mol. The number of hydrogen-bond donors (Lipinski definition) is 0. The molecule has 0 fully saturated rings. The topological polar surface area (TPSA) is 9.23 Å². The van der Waals surface area contributed by atoms with Crippen LogP contribution in [-0.4, -0.2) is 6.61 Å². The highest BCUT2D eigenvalue weighted by molar-refractivity contribution is 5.31. The van der Waals surface area contributed by atoms with Crippen LogP contribution in [0.15, 0.2) is 36.9 Å². The van der Waals surface area contributed by atoms with Crippen LogP contribution < -0.4 is 4.74 Å². The Bertz CT molecular complexity index is 522. The maximum absolute atomic E-state index is 14.0. The summed E-state index contributed by atoms with van der Waals surface area (Å²) in [5.74, 6) is -0.758. The van der Waals surface area contributed by atoms with Gasteiger partial charge in [-0.05, 0) is 56.1 Å². The Hall–Kier alpha value is -1.64. The second kappa shape index (κ2) is 7.39. The molecule has 0 heterocycles. The molecule has 1 aliphatic carbocycles. The van der Waals surface area contributed by atoms with Gasteiger partial charge in [-0.1, -0.05) is 24.3 Å². The highest BCUT2D eigenvalue weighted by Crippen LogP contribution is 2.28. The number of aryl methyl sites for hydroxylation is 1. The van der Waals surface area contributed by atoms with Crippen molar-refractivity contribution in [2.45, 2.75) is 32.6 Å². The fourth-order valence-electron chi connectivity index (χ4n) is 2.71. The number of rotatable bonds is 6. The van der Waals surface area contributed by atoms with Crippen molar-refractivity contribution in [1.29, 1.82) is 0 Å². The molecule has 0 saturated heterocycles. The van der Waals surface area contributed by atoms with Gasteiger partial charge in [-0.15, -0.1) is 6.58 Å². The molecule has 3 heteroatoms. The van der Waals surface area contributed by atoms with Gasteiger partial charge in [0, 0.05) is 0 Å². The van der Waals surface area contributed by atoms with Crippen LogP contribution in [0.4, 0.5) is 8.78 Å². The molecule has 0 radical (unpaired) electrons. The van der Waals surface area contributed by atoms with Crippen LogP contribution in [0.3, 0.4) is 0 Å². The first-order chi connectivity index (χ1) is 10.2. The Morgan fingerprint density at radius 2 is 2.05 bits per heavy atom. The molecule has 0 spiro atoms. The summed E-state index contributed by atoms with van der Waals surface area (Å²) in [6.07, 6.45) is 9.84. The fraction of sp³-hybridized carbons (Fsp3) is 0.444. The molecule has 0 N–H and O–H groups in total. The molecule has 1 aromatic rings. The minimum absolute atomic E-state index is 0.00913. The SMILES string of the molecule is C=CC1C=CC(CCc2ccc(OCC)c(F)c2F)CC1. The fourth-order valence-corrected chi connectivity index (χ4v) is 2.71. The number of benzene rings is 1. The molecule has 0 aliphatic heterocycles. The summed E-state index contributed by atoms with van der Waals surface area (Å²) in [6.45, 7) is 5.87. The van der Waals surface area contributed by atoms with E-state index in [2.05, 4.69) is 18.7 Å². The van der Waals surface area contributed by atoms with Crippen molar-refractivity contribution in [2.24, 2.45) is 11.8 Å². The molecule has 1 aliphatic rings. The van der Waals surface area contributed by atoms with E-state index in [0.29, 0.717) is 30.4 Å². The first kappa shape index (κ1) is 15.7. The van der Waals surface area contributed by atoms with Gasteiger partial charge in [0.1, 0.15) is 0 Å². The lowest BCUT2D eigenvalue weighted by Crippen LogP contribution is -2.09. The number of ether oxygens (including phenoxy) is 1. The van der Waals surface area contributed by atoms with E-state index in [1.807, 2.05) is 6.08 Å². The summed E-state index contributed by atoms with van der Waals surface area (Å²) in [4.78, 5) is 0. The van der Waals surface area contributed by atoms with E-state index in [9.17, 15) is 8.78 Å². The summed E-state index contributed by atoms with van der Waals surface area (Å²) in [5, 5.41) is 0. The maximum atomic E-state index is 14.0. The third kappa shape index (κ3) is 3.93. The molecular weight excluding hydrogens is 270 g/mol. The summed E-state index contributed by atoms with van der Waals surface area (Å²) in [6, 6.07) is 3.14. The Balaban J connectivity index is 1.98. The average Bonchev–Trinajstić information content (AvgIpc) is 2.52. The van der Waals surface area contributed by atoms with Crippen LogP contribution in [-0.2, 0) is 6.42 Å². The van der Waals surface area contributed by atoms with E-state index < -0.39 is 11.6 Å². The highest BCUT2D eigenvalue weighted by atomic mass is 19.2. The van der Waals surface area contributed by atoms with E-state index in [4.69, 9.17) is 4.74 Å².